The number of amides is 3. The number of rotatable bonds is 7. The van der Waals surface area contributed by atoms with E-state index in [0.29, 0.717) is 0 Å². The number of benzene rings is 2. The maximum absolute atomic E-state index is 13.1. The third-order valence-electron chi connectivity index (χ3n) is 5.35. The SMILES string of the molecule is NC(=O)C(Cc1ccc(-c2ccc(F)cc2)cc1)NC(=O)C1(NC(=O)O)CCOCC1. The Hall–Kier alpha value is -3.46. The van der Waals surface area contributed by atoms with Gasteiger partial charge in [0, 0.05) is 32.5 Å². The zero-order valence-corrected chi connectivity index (χ0v) is 16.8. The normalized spacial score (nSPS) is 16.2. The van der Waals surface area contributed by atoms with Gasteiger partial charge < -0.3 is 26.2 Å². The molecule has 31 heavy (non-hydrogen) atoms. The van der Waals surface area contributed by atoms with Crippen molar-refractivity contribution < 1.29 is 28.6 Å². The van der Waals surface area contributed by atoms with Crippen LogP contribution >= 0.6 is 0 Å². The number of carboxylic acid groups (broad SMARTS) is 1. The van der Waals surface area contributed by atoms with Gasteiger partial charge in [0.15, 0.2) is 0 Å². The molecule has 0 spiro atoms. The van der Waals surface area contributed by atoms with Crippen molar-refractivity contribution in [2.45, 2.75) is 30.8 Å². The van der Waals surface area contributed by atoms with Crippen LogP contribution in [-0.4, -0.2) is 47.8 Å². The van der Waals surface area contributed by atoms with Gasteiger partial charge in [0.2, 0.25) is 11.8 Å². The summed E-state index contributed by atoms with van der Waals surface area (Å²) in [4.78, 5) is 36.1. The number of carbonyl (C=O) groups is 3. The van der Waals surface area contributed by atoms with E-state index in [2.05, 4.69) is 10.6 Å². The van der Waals surface area contributed by atoms with Crippen molar-refractivity contribution in [1.82, 2.24) is 10.6 Å². The van der Waals surface area contributed by atoms with Gasteiger partial charge in [0.1, 0.15) is 17.4 Å². The molecule has 3 amide bonds. The Morgan fingerprint density at radius 2 is 1.58 bits per heavy atom. The summed E-state index contributed by atoms with van der Waals surface area (Å²) in [5.74, 6) is -1.65. The number of ether oxygens (including phenoxy) is 1. The largest absolute Gasteiger partial charge is 0.465 e. The first-order valence-electron chi connectivity index (χ1n) is 9.83. The molecule has 0 aromatic heterocycles. The number of hydrogen-bond acceptors (Lipinski definition) is 4. The summed E-state index contributed by atoms with van der Waals surface area (Å²) in [6.07, 6.45) is -0.875. The lowest BCUT2D eigenvalue weighted by molar-refractivity contribution is -0.134. The van der Waals surface area contributed by atoms with Crippen LogP contribution in [0.5, 0.6) is 0 Å². The second-order valence-electron chi connectivity index (χ2n) is 7.46. The van der Waals surface area contributed by atoms with E-state index in [1.807, 2.05) is 12.1 Å². The molecule has 1 atom stereocenters. The van der Waals surface area contributed by atoms with Gasteiger partial charge in [-0.3, -0.25) is 9.59 Å². The topological polar surface area (TPSA) is 131 Å². The number of primary amides is 1. The zero-order valence-electron chi connectivity index (χ0n) is 16.8. The molecule has 9 heteroatoms. The fourth-order valence-electron chi connectivity index (χ4n) is 3.56. The molecule has 5 N–H and O–H groups in total. The average molecular weight is 429 g/mol. The smallest absolute Gasteiger partial charge is 0.405 e. The molecule has 2 aromatic carbocycles. The Labute approximate surface area is 178 Å². The summed E-state index contributed by atoms with van der Waals surface area (Å²) in [6, 6.07) is 12.3. The Balaban J connectivity index is 1.72. The minimum absolute atomic E-state index is 0.143. The molecule has 1 heterocycles. The summed E-state index contributed by atoms with van der Waals surface area (Å²) in [5.41, 5.74) is 6.58. The van der Waals surface area contributed by atoms with Crippen molar-refractivity contribution in [3.8, 4) is 11.1 Å². The zero-order chi connectivity index (χ0) is 22.4. The number of nitrogens with two attached hydrogens (primary N) is 1. The van der Waals surface area contributed by atoms with E-state index < -0.39 is 29.5 Å². The van der Waals surface area contributed by atoms with Gasteiger partial charge in [-0.1, -0.05) is 36.4 Å². The predicted molar refractivity (Wildman–Crippen MR) is 111 cm³/mol. The maximum Gasteiger partial charge on any atom is 0.405 e. The summed E-state index contributed by atoms with van der Waals surface area (Å²) < 4.78 is 18.3. The fourth-order valence-corrected chi connectivity index (χ4v) is 3.56. The lowest BCUT2D eigenvalue weighted by Gasteiger charge is -2.36. The summed E-state index contributed by atoms with van der Waals surface area (Å²) in [5, 5.41) is 14.0. The molecule has 0 aliphatic carbocycles. The molecule has 1 fully saturated rings. The molecule has 1 unspecified atom stereocenters. The van der Waals surface area contributed by atoms with Crippen LogP contribution in [0, 0.1) is 5.82 Å². The number of carbonyl (C=O) groups excluding carboxylic acids is 2. The third kappa shape index (κ3) is 5.58. The van der Waals surface area contributed by atoms with Crippen LogP contribution in [0.1, 0.15) is 18.4 Å². The summed E-state index contributed by atoms with van der Waals surface area (Å²) >= 11 is 0. The van der Waals surface area contributed by atoms with Crippen molar-refractivity contribution in [1.29, 1.82) is 0 Å². The van der Waals surface area contributed by atoms with Crippen LogP contribution < -0.4 is 16.4 Å². The van der Waals surface area contributed by atoms with E-state index in [-0.39, 0.29) is 38.3 Å². The molecule has 1 aliphatic rings. The van der Waals surface area contributed by atoms with E-state index in [4.69, 9.17) is 15.6 Å². The molecule has 3 rings (SSSR count). The minimum Gasteiger partial charge on any atom is -0.465 e. The Morgan fingerprint density at radius 1 is 1.03 bits per heavy atom. The van der Waals surface area contributed by atoms with E-state index in [1.54, 1.807) is 24.3 Å². The third-order valence-corrected chi connectivity index (χ3v) is 5.35. The molecule has 1 aliphatic heterocycles. The van der Waals surface area contributed by atoms with Crippen molar-refractivity contribution in [2.24, 2.45) is 5.73 Å². The highest BCUT2D eigenvalue weighted by atomic mass is 19.1. The van der Waals surface area contributed by atoms with Gasteiger partial charge in [-0.25, -0.2) is 9.18 Å². The Kier molecular flexibility index (Phi) is 6.86. The molecular formula is C22H24FN3O5. The standard InChI is InChI=1S/C22H24FN3O5/c23-17-7-5-16(6-8-17)15-3-1-14(2-4-15)13-18(19(24)27)25-20(28)22(26-21(29)30)9-11-31-12-10-22/h1-8,18,26H,9-13H2,(H2,24,27)(H,25,28)(H,29,30). The van der Waals surface area contributed by atoms with Gasteiger partial charge in [-0.05, 0) is 28.8 Å². The van der Waals surface area contributed by atoms with Crippen molar-refractivity contribution >= 4 is 17.9 Å². The molecule has 1 saturated heterocycles. The maximum atomic E-state index is 13.1. The van der Waals surface area contributed by atoms with Crippen LogP contribution in [0.25, 0.3) is 11.1 Å². The monoisotopic (exact) mass is 429 g/mol. The number of hydrogen-bond donors (Lipinski definition) is 4. The first-order chi connectivity index (χ1) is 14.8. The van der Waals surface area contributed by atoms with E-state index in [1.165, 1.54) is 12.1 Å². The van der Waals surface area contributed by atoms with Crippen LogP contribution in [0.4, 0.5) is 9.18 Å². The predicted octanol–water partition coefficient (Wildman–Crippen LogP) is 1.82. The van der Waals surface area contributed by atoms with Gasteiger partial charge in [-0.15, -0.1) is 0 Å². The fraction of sp³-hybridized carbons (Fsp3) is 0.318. The average Bonchev–Trinajstić information content (AvgIpc) is 2.74. The first kappa shape index (κ1) is 22.2. The molecule has 0 bridgehead atoms. The summed E-state index contributed by atoms with van der Waals surface area (Å²) in [7, 11) is 0. The van der Waals surface area contributed by atoms with Crippen LogP contribution in [0.3, 0.4) is 0 Å². The van der Waals surface area contributed by atoms with Gasteiger partial charge in [0.25, 0.3) is 0 Å². The molecule has 8 nitrogen and oxygen atoms in total. The molecular weight excluding hydrogens is 405 g/mol. The van der Waals surface area contributed by atoms with E-state index >= 15 is 0 Å². The van der Waals surface area contributed by atoms with Crippen molar-refractivity contribution in [3.63, 3.8) is 0 Å². The molecule has 2 aromatic rings. The van der Waals surface area contributed by atoms with Gasteiger partial charge >= 0.3 is 6.09 Å². The van der Waals surface area contributed by atoms with E-state index in [9.17, 15) is 18.8 Å². The number of nitrogens with one attached hydrogen (secondary N) is 2. The van der Waals surface area contributed by atoms with Crippen LogP contribution in [0.15, 0.2) is 48.5 Å². The second kappa shape index (κ2) is 9.57. The van der Waals surface area contributed by atoms with Crippen molar-refractivity contribution in [3.05, 3.63) is 59.9 Å². The van der Waals surface area contributed by atoms with Crippen molar-refractivity contribution in [2.75, 3.05) is 13.2 Å². The molecule has 0 radical (unpaired) electrons. The quantitative estimate of drug-likeness (QED) is 0.533. The van der Waals surface area contributed by atoms with E-state index in [0.717, 1.165) is 16.7 Å². The number of halogens is 1. The Morgan fingerprint density at radius 3 is 2.10 bits per heavy atom. The highest BCUT2D eigenvalue weighted by Gasteiger charge is 2.42. The van der Waals surface area contributed by atoms with Gasteiger partial charge in [-0.2, -0.15) is 0 Å². The lowest BCUT2D eigenvalue weighted by atomic mass is 9.88. The summed E-state index contributed by atoms with van der Waals surface area (Å²) in [6.45, 7) is 0.444. The first-order valence-corrected chi connectivity index (χ1v) is 9.83. The second-order valence-corrected chi connectivity index (χ2v) is 7.46. The minimum atomic E-state index is -1.37. The molecule has 0 saturated carbocycles. The highest BCUT2D eigenvalue weighted by molar-refractivity contribution is 5.93. The van der Waals surface area contributed by atoms with Gasteiger partial charge in [0.05, 0.1) is 0 Å². The lowest BCUT2D eigenvalue weighted by Crippen LogP contribution is -2.63. The van der Waals surface area contributed by atoms with Crippen LogP contribution in [0.2, 0.25) is 0 Å². The Bertz CT molecular complexity index is 941. The highest BCUT2D eigenvalue weighted by Crippen LogP contribution is 2.23. The van der Waals surface area contributed by atoms with Crippen LogP contribution in [-0.2, 0) is 20.7 Å². The molecule has 164 valence electrons.